The number of hydrogen-bond donors (Lipinski definition) is 2. The van der Waals surface area contributed by atoms with Crippen LogP contribution in [0.15, 0.2) is 18.2 Å². The van der Waals surface area contributed by atoms with Gasteiger partial charge in [-0.05, 0) is 24.6 Å². The SMILES string of the molecule is CCCC(CNC(=O)COc1ccc(Cl)cc1Cl)C(=O)O. The highest BCUT2D eigenvalue weighted by Gasteiger charge is 2.17. The van der Waals surface area contributed by atoms with Crippen LogP contribution in [0.5, 0.6) is 5.75 Å². The molecule has 7 heteroatoms. The zero-order valence-corrected chi connectivity index (χ0v) is 13.1. The summed E-state index contributed by atoms with van der Waals surface area (Å²) in [5.41, 5.74) is 0. The second kappa shape index (κ2) is 8.74. The molecule has 0 aliphatic rings. The van der Waals surface area contributed by atoms with E-state index >= 15 is 0 Å². The van der Waals surface area contributed by atoms with Gasteiger partial charge in [0.15, 0.2) is 6.61 Å². The molecular formula is C14H17Cl2NO4. The number of hydrogen-bond acceptors (Lipinski definition) is 3. The van der Waals surface area contributed by atoms with Gasteiger partial charge in [0.25, 0.3) is 5.91 Å². The Morgan fingerprint density at radius 3 is 2.67 bits per heavy atom. The van der Waals surface area contributed by atoms with Crippen molar-refractivity contribution < 1.29 is 19.4 Å². The summed E-state index contributed by atoms with van der Waals surface area (Å²) < 4.78 is 5.26. The van der Waals surface area contributed by atoms with Gasteiger partial charge in [0, 0.05) is 11.6 Å². The average Bonchev–Trinajstić information content (AvgIpc) is 2.42. The van der Waals surface area contributed by atoms with Crippen LogP contribution in [-0.4, -0.2) is 30.1 Å². The van der Waals surface area contributed by atoms with Gasteiger partial charge in [0.05, 0.1) is 10.9 Å². The van der Waals surface area contributed by atoms with E-state index in [1.165, 1.54) is 6.07 Å². The second-order valence-electron chi connectivity index (χ2n) is 4.49. The second-order valence-corrected chi connectivity index (χ2v) is 5.33. The maximum absolute atomic E-state index is 11.6. The first-order valence-electron chi connectivity index (χ1n) is 6.51. The smallest absolute Gasteiger partial charge is 0.308 e. The van der Waals surface area contributed by atoms with Crippen LogP contribution in [0.25, 0.3) is 0 Å². The molecule has 1 aromatic carbocycles. The van der Waals surface area contributed by atoms with Crippen molar-refractivity contribution in [3.05, 3.63) is 28.2 Å². The largest absolute Gasteiger partial charge is 0.482 e. The number of aliphatic carboxylic acids is 1. The first kappa shape index (κ1) is 17.6. The van der Waals surface area contributed by atoms with Gasteiger partial charge in [0.2, 0.25) is 0 Å². The van der Waals surface area contributed by atoms with Crippen molar-refractivity contribution in [3.8, 4) is 5.75 Å². The third kappa shape index (κ3) is 6.23. The van der Waals surface area contributed by atoms with Crippen molar-refractivity contribution in [2.75, 3.05) is 13.2 Å². The third-order valence-corrected chi connectivity index (χ3v) is 3.32. The van der Waals surface area contributed by atoms with Crippen molar-refractivity contribution in [1.82, 2.24) is 5.32 Å². The Morgan fingerprint density at radius 2 is 2.10 bits per heavy atom. The number of carboxylic acids is 1. The van der Waals surface area contributed by atoms with Gasteiger partial charge in [-0.3, -0.25) is 9.59 Å². The molecule has 0 bridgehead atoms. The number of rotatable bonds is 8. The fourth-order valence-corrected chi connectivity index (χ4v) is 2.15. The number of amides is 1. The summed E-state index contributed by atoms with van der Waals surface area (Å²) >= 11 is 11.7. The lowest BCUT2D eigenvalue weighted by Crippen LogP contribution is -2.35. The zero-order valence-electron chi connectivity index (χ0n) is 11.6. The molecule has 1 rings (SSSR count). The minimum absolute atomic E-state index is 0.0831. The van der Waals surface area contributed by atoms with E-state index in [1.54, 1.807) is 12.1 Å². The van der Waals surface area contributed by atoms with Crippen LogP contribution < -0.4 is 10.1 Å². The summed E-state index contributed by atoms with van der Waals surface area (Å²) in [6, 6.07) is 4.68. The number of benzene rings is 1. The lowest BCUT2D eigenvalue weighted by Gasteiger charge is -2.13. The summed E-state index contributed by atoms with van der Waals surface area (Å²) in [6.45, 7) is 1.74. The lowest BCUT2D eigenvalue weighted by molar-refractivity contribution is -0.142. The van der Waals surface area contributed by atoms with Crippen LogP contribution in [0.4, 0.5) is 0 Å². The van der Waals surface area contributed by atoms with Gasteiger partial charge < -0.3 is 15.2 Å². The van der Waals surface area contributed by atoms with E-state index in [-0.39, 0.29) is 13.2 Å². The number of halogens is 2. The van der Waals surface area contributed by atoms with Gasteiger partial charge in [-0.1, -0.05) is 36.5 Å². The Morgan fingerprint density at radius 1 is 1.38 bits per heavy atom. The van der Waals surface area contributed by atoms with Crippen LogP contribution in [0.1, 0.15) is 19.8 Å². The molecule has 0 aromatic heterocycles. The molecule has 116 valence electrons. The third-order valence-electron chi connectivity index (χ3n) is 2.78. The lowest BCUT2D eigenvalue weighted by atomic mass is 10.0. The number of ether oxygens (including phenoxy) is 1. The Hall–Kier alpha value is -1.46. The van der Waals surface area contributed by atoms with Crippen LogP contribution in [0, 0.1) is 5.92 Å². The fourth-order valence-electron chi connectivity index (χ4n) is 1.68. The van der Waals surface area contributed by atoms with Gasteiger partial charge in [-0.15, -0.1) is 0 Å². The van der Waals surface area contributed by atoms with Crippen molar-refractivity contribution in [2.24, 2.45) is 5.92 Å². The molecule has 1 unspecified atom stereocenters. The topological polar surface area (TPSA) is 75.6 Å². The predicted molar refractivity (Wildman–Crippen MR) is 81.0 cm³/mol. The zero-order chi connectivity index (χ0) is 15.8. The van der Waals surface area contributed by atoms with Crippen molar-refractivity contribution in [3.63, 3.8) is 0 Å². The van der Waals surface area contributed by atoms with E-state index < -0.39 is 17.8 Å². The molecule has 0 saturated heterocycles. The summed E-state index contributed by atoms with van der Waals surface area (Å²) in [5.74, 6) is -1.56. The Kier molecular flexibility index (Phi) is 7.32. The molecule has 0 radical (unpaired) electrons. The Labute approximate surface area is 133 Å². The highest BCUT2D eigenvalue weighted by Crippen LogP contribution is 2.27. The number of carbonyl (C=O) groups excluding carboxylic acids is 1. The fraction of sp³-hybridized carbons (Fsp3) is 0.429. The van der Waals surface area contributed by atoms with E-state index in [0.29, 0.717) is 22.2 Å². The van der Waals surface area contributed by atoms with Crippen molar-refractivity contribution >= 4 is 35.1 Å². The minimum atomic E-state index is -0.918. The summed E-state index contributed by atoms with van der Waals surface area (Å²) in [4.78, 5) is 22.6. The maximum Gasteiger partial charge on any atom is 0.308 e. The molecule has 0 spiro atoms. The number of nitrogens with one attached hydrogen (secondary N) is 1. The Balaban J connectivity index is 2.41. The van der Waals surface area contributed by atoms with Crippen molar-refractivity contribution in [1.29, 1.82) is 0 Å². The summed E-state index contributed by atoms with van der Waals surface area (Å²) in [5, 5.41) is 12.3. The summed E-state index contributed by atoms with van der Waals surface area (Å²) in [7, 11) is 0. The molecule has 0 fully saturated rings. The molecule has 2 N–H and O–H groups in total. The maximum atomic E-state index is 11.6. The quantitative estimate of drug-likeness (QED) is 0.766. The standard InChI is InChI=1S/C14H17Cl2NO4/c1-2-3-9(14(19)20)7-17-13(18)8-21-12-5-4-10(15)6-11(12)16/h4-6,9H,2-3,7-8H2,1H3,(H,17,18)(H,19,20). The molecule has 0 aliphatic heterocycles. The molecule has 1 amide bonds. The first-order chi connectivity index (χ1) is 9.93. The molecule has 21 heavy (non-hydrogen) atoms. The van der Waals surface area contributed by atoms with Crippen LogP contribution in [0.3, 0.4) is 0 Å². The van der Waals surface area contributed by atoms with Crippen LogP contribution in [-0.2, 0) is 9.59 Å². The Bertz CT molecular complexity index is 508. The highest BCUT2D eigenvalue weighted by atomic mass is 35.5. The minimum Gasteiger partial charge on any atom is -0.482 e. The molecule has 0 heterocycles. The highest BCUT2D eigenvalue weighted by molar-refractivity contribution is 6.35. The molecule has 1 aromatic rings. The van der Waals surface area contributed by atoms with Gasteiger partial charge >= 0.3 is 5.97 Å². The van der Waals surface area contributed by atoms with Crippen molar-refractivity contribution in [2.45, 2.75) is 19.8 Å². The van der Waals surface area contributed by atoms with Crippen LogP contribution in [0.2, 0.25) is 10.0 Å². The van der Waals surface area contributed by atoms with Gasteiger partial charge in [-0.25, -0.2) is 0 Å². The molecule has 5 nitrogen and oxygen atoms in total. The van der Waals surface area contributed by atoms with Crippen LogP contribution >= 0.6 is 23.2 Å². The average molecular weight is 334 g/mol. The van der Waals surface area contributed by atoms with E-state index in [1.807, 2.05) is 6.92 Å². The normalized spacial score (nSPS) is 11.8. The van der Waals surface area contributed by atoms with E-state index in [9.17, 15) is 9.59 Å². The van der Waals surface area contributed by atoms with Gasteiger partial charge in [-0.2, -0.15) is 0 Å². The molecule has 0 aliphatic carbocycles. The number of carboxylic acid groups (broad SMARTS) is 1. The monoisotopic (exact) mass is 333 g/mol. The summed E-state index contributed by atoms with van der Waals surface area (Å²) in [6.07, 6.45) is 1.25. The molecule has 1 atom stereocenters. The van der Waals surface area contributed by atoms with Gasteiger partial charge in [0.1, 0.15) is 5.75 Å². The van der Waals surface area contributed by atoms with E-state index in [0.717, 1.165) is 6.42 Å². The van der Waals surface area contributed by atoms with E-state index in [4.69, 9.17) is 33.0 Å². The first-order valence-corrected chi connectivity index (χ1v) is 7.27. The number of carbonyl (C=O) groups is 2. The predicted octanol–water partition coefficient (Wildman–Crippen LogP) is 2.99. The molecule has 0 saturated carbocycles. The molecular weight excluding hydrogens is 317 g/mol. The van der Waals surface area contributed by atoms with E-state index in [2.05, 4.69) is 5.32 Å².